The molecule has 1 aromatic heterocycles. The van der Waals surface area contributed by atoms with E-state index in [2.05, 4.69) is 4.98 Å². The van der Waals surface area contributed by atoms with Gasteiger partial charge in [-0.3, -0.25) is 4.79 Å². The van der Waals surface area contributed by atoms with Crippen molar-refractivity contribution in [3.8, 4) is 5.75 Å². The maximum absolute atomic E-state index is 11.5. The highest BCUT2D eigenvalue weighted by Gasteiger charge is 2.15. The van der Waals surface area contributed by atoms with Crippen molar-refractivity contribution in [1.29, 1.82) is 0 Å². The van der Waals surface area contributed by atoms with Gasteiger partial charge in [0, 0.05) is 11.8 Å². The molecular formula is C10H13NO4. The Morgan fingerprint density at radius 3 is 2.73 bits per heavy atom. The molecule has 0 spiro atoms. The number of aromatic nitrogens is 1. The van der Waals surface area contributed by atoms with Crippen molar-refractivity contribution in [2.75, 3.05) is 0 Å². The van der Waals surface area contributed by atoms with Crippen LogP contribution in [-0.4, -0.2) is 21.2 Å². The Kier molecular flexibility index (Phi) is 3.49. The van der Waals surface area contributed by atoms with E-state index in [0.717, 1.165) is 12.8 Å². The zero-order chi connectivity index (χ0) is 11.4. The van der Waals surface area contributed by atoms with Crippen molar-refractivity contribution in [2.45, 2.75) is 26.2 Å². The van der Waals surface area contributed by atoms with Gasteiger partial charge in [0.2, 0.25) is 5.43 Å². The van der Waals surface area contributed by atoms with Crippen LogP contribution in [0.1, 0.15) is 35.8 Å². The second-order valence-corrected chi connectivity index (χ2v) is 3.28. The second kappa shape index (κ2) is 4.63. The molecule has 5 nitrogen and oxygen atoms in total. The van der Waals surface area contributed by atoms with Gasteiger partial charge in [0.15, 0.2) is 11.4 Å². The molecule has 0 aliphatic rings. The Labute approximate surface area is 86.4 Å². The van der Waals surface area contributed by atoms with Crippen molar-refractivity contribution < 1.29 is 15.0 Å². The number of carbonyl (C=O) groups is 1. The molecule has 0 atom stereocenters. The van der Waals surface area contributed by atoms with Crippen LogP contribution in [0.2, 0.25) is 0 Å². The van der Waals surface area contributed by atoms with E-state index >= 15 is 0 Å². The average molecular weight is 211 g/mol. The van der Waals surface area contributed by atoms with Crippen LogP contribution >= 0.6 is 0 Å². The molecule has 0 aliphatic heterocycles. The highest BCUT2D eigenvalue weighted by molar-refractivity contribution is 5.88. The fourth-order valence-electron chi connectivity index (χ4n) is 1.27. The fourth-order valence-corrected chi connectivity index (χ4v) is 1.27. The van der Waals surface area contributed by atoms with Crippen molar-refractivity contribution in [3.63, 3.8) is 0 Å². The molecule has 82 valence electrons. The first-order chi connectivity index (χ1) is 7.07. The number of nitrogens with one attached hydrogen (secondary N) is 1. The molecule has 15 heavy (non-hydrogen) atoms. The van der Waals surface area contributed by atoms with E-state index in [9.17, 15) is 14.7 Å². The van der Waals surface area contributed by atoms with Gasteiger partial charge in [-0.15, -0.1) is 0 Å². The normalized spacial score (nSPS) is 10.2. The van der Waals surface area contributed by atoms with Crippen LogP contribution in [0.3, 0.4) is 0 Å². The Bertz CT molecular complexity index is 422. The number of aromatic amines is 1. The van der Waals surface area contributed by atoms with Gasteiger partial charge in [-0.05, 0) is 12.8 Å². The van der Waals surface area contributed by atoms with Crippen molar-refractivity contribution in [3.05, 3.63) is 27.7 Å². The molecular weight excluding hydrogens is 198 g/mol. The zero-order valence-corrected chi connectivity index (χ0v) is 8.41. The summed E-state index contributed by atoms with van der Waals surface area (Å²) in [5.74, 6) is -2.05. The topological polar surface area (TPSA) is 90.4 Å². The van der Waals surface area contributed by atoms with Crippen LogP contribution in [-0.2, 0) is 6.42 Å². The first kappa shape index (κ1) is 11.3. The average Bonchev–Trinajstić information content (AvgIpc) is 2.20. The molecule has 0 radical (unpaired) electrons. The molecule has 1 heterocycles. The number of carboxylic acid groups (broad SMARTS) is 1. The van der Waals surface area contributed by atoms with Crippen molar-refractivity contribution in [2.24, 2.45) is 0 Å². The molecule has 0 aromatic carbocycles. The maximum atomic E-state index is 11.5. The summed E-state index contributed by atoms with van der Waals surface area (Å²) in [4.78, 5) is 24.4. The predicted octanol–water partition coefficient (Wildman–Crippen LogP) is 1.12. The minimum Gasteiger partial charge on any atom is -0.502 e. The molecule has 0 fully saturated rings. The van der Waals surface area contributed by atoms with Crippen molar-refractivity contribution in [1.82, 2.24) is 4.98 Å². The summed E-state index contributed by atoms with van der Waals surface area (Å²) in [7, 11) is 0. The number of unbranched alkanes of at least 4 members (excludes halogenated alkanes) is 1. The number of H-pyrrole nitrogens is 1. The van der Waals surface area contributed by atoms with Crippen LogP contribution in [0.5, 0.6) is 5.75 Å². The quantitative estimate of drug-likeness (QED) is 0.696. The summed E-state index contributed by atoms with van der Waals surface area (Å²) >= 11 is 0. The highest BCUT2D eigenvalue weighted by atomic mass is 16.4. The number of aromatic carboxylic acids is 1. The van der Waals surface area contributed by atoms with Crippen LogP contribution in [0.4, 0.5) is 0 Å². The molecule has 5 heteroatoms. The smallest absolute Gasteiger partial charge is 0.356 e. The lowest BCUT2D eigenvalue weighted by molar-refractivity contribution is 0.0686. The van der Waals surface area contributed by atoms with Crippen LogP contribution in [0.25, 0.3) is 0 Å². The minimum atomic E-state index is -1.34. The number of hydrogen-bond donors (Lipinski definition) is 3. The van der Waals surface area contributed by atoms with Crippen LogP contribution < -0.4 is 5.43 Å². The molecule has 0 bridgehead atoms. The Morgan fingerprint density at radius 2 is 2.20 bits per heavy atom. The molecule has 0 aliphatic carbocycles. The summed E-state index contributed by atoms with van der Waals surface area (Å²) in [6, 6.07) is 0. The van der Waals surface area contributed by atoms with E-state index in [1.54, 1.807) is 0 Å². The molecule has 0 saturated carbocycles. The van der Waals surface area contributed by atoms with Crippen LogP contribution in [0, 0.1) is 0 Å². The molecule has 0 unspecified atom stereocenters. The molecule has 1 rings (SSSR count). The lowest BCUT2D eigenvalue weighted by Crippen LogP contribution is -2.14. The molecule has 3 N–H and O–H groups in total. The van der Waals surface area contributed by atoms with E-state index in [0.29, 0.717) is 12.0 Å². The van der Waals surface area contributed by atoms with Gasteiger partial charge in [0.05, 0.1) is 0 Å². The second-order valence-electron chi connectivity index (χ2n) is 3.28. The molecule has 0 amide bonds. The summed E-state index contributed by atoms with van der Waals surface area (Å²) in [5.41, 5.74) is -0.640. The minimum absolute atomic E-state index is 0.416. The molecule has 1 aromatic rings. The summed E-state index contributed by atoms with van der Waals surface area (Å²) in [6.07, 6.45) is 3.65. The summed E-state index contributed by atoms with van der Waals surface area (Å²) < 4.78 is 0. The lowest BCUT2D eigenvalue weighted by atomic mass is 10.1. The standard InChI is InChI=1S/C10H13NO4/c1-2-3-4-6-5-11-7(10(14)15)9(13)8(6)12/h5,13H,2-4H2,1H3,(H,11,12)(H,14,15). The Morgan fingerprint density at radius 1 is 1.53 bits per heavy atom. The van der Waals surface area contributed by atoms with Crippen molar-refractivity contribution >= 4 is 5.97 Å². The van der Waals surface area contributed by atoms with Gasteiger partial charge in [0.25, 0.3) is 0 Å². The number of hydrogen-bond acceptors (Lipinski definition) is 3. The number of aryl methyl sites for hydroxylation is 1. The number of pyridine rings is 1. The third-order valence-electron chi connectivity index (χ3n) is 2.15. The zero-order valence-electron chi connectivity index (χ0n) is 8.41. The molecule has 0 saturated heterocycles. The third-order valence-corrected chi connectivity index (χ3v) is 2.15. The largest absolute Gasteiger partial charge is 0.502 e. The van der Waals surface area contributed by atoms with Gasteiger partial charge in [-0.2, -0.15) is 0 Å². The third kappa shape index (κ3) is 2.37. The van der Waals surface area contributed by atoms with E-state index in [1.807, 2.05) is 6.92 Å². The summed E-state index contributed by atoms with van der Waals surface area (Å²) in [6.45, 7) is 1.99. The van der Waals surface area contributed by atoms with Gasteiger partial charge < -0.3 is 15.2 Å². The maximum Gasteiger partial charge on any atom is 0.356 e. The number of carboxylic acids is 1. The van der Waals surface area contributed by atoms with E-state index in [4.69, 9.17) is 5.11 Å². The first-order valence-electron chi connectivity index (χ1n) is 4.74. The first-order valence-corrected chi connectivity index (χ1v) is 4.74. The monoisotopic (exact) mass is 211 g/mol. The van der Waals surface area contributed by atoms with Gasteiger partial charge in [-0.25, -0.2) is 4.79 Å². The van der Waals surface area contributed by atoms with E-state index in [1.165, 1.54) is 6.20 Å². The fraction of sp³-hybridized carbons (Fsp3) is 0.400. The lowest BCUT2D eigenvalue weighted by Gasteiger charge is -2.02. The highest BCUT2D eigenvalue weighted by Crippen LogP contribution is 2.10. The number of rotatable bonds is 4. The van der Waals surface area contributed by atoms with E-state index < -0.39 is 22.8 Å². The van der Waals surface area contributed by atoms with Gasteiger partial charge >= 0.3 is 5.97 Å². The predicted molar refractivity (Wildman–Crippen MR) is 54.3 cm³/mol. The van der Waals surface area contributed by atoms with Crippen LogP contribution in [0.15, 0.2) is 11.0 Å². The van der Waals surface area contributed by atoms with Gasteiger partial charge in [0.1, 0.15) is 0 Å². The summed E-state index contributed by atoms with van der Waals surface area (Å²) in [5, 5.41) is 18.0. The van der Waals surface area contributed by atoms with E-state index in [-0.39, 0.29) is 0 Å². The Balaban J connectivity index is 3.10. The van der Waals surface area contributed by atoms with Gasteiger partial charge in [-0.1, -0.05) is 13.3 Å². The number of aromatic hydroxyl groups is 1. The Hall–Kier alpha value is -1.78. The SMILES string of the molecule is CCCCc1c[nH]c(C(=O)O)c(O)c1=O.